The largest absolute Gasteiger partial charge is 0.484 e. The third kappa shape index (κ3) is 7.22. The minimum atomic E-state index is -4.36. The average Bonchev–Trinajstić information content (AvgIpc) is 2.86. The van der Waals surface area contributed by atoms with Crippen molar-refractivity contribution >= 4 is 10.8 Å². The van der Waals surface area contributed by atoms with Gasteiger partial charge in [0.2, 0.25) is 0 Å². The van der Waals surface area contributed by atoms with E-state index in [1.165, 1.54) is 56.2 Å². The van der Waals surface area contributed by atoms with Gasteiger partial charge in [-0.3, -0.25) is 0 Å². The molecule has 0 radical (unpaired) electrons. The summed E-state index contributed by atoms with van der Waals surface area (Å²) in [6, 6.07) is 16.4. The van der Waals surface area contributed by atoms with Gasteiger partial charge in [0, 0.05) is 5.39 Å². The molecule has 188 valence electrons. The van der Waals surface area contributed by atoms with Crippen LogP contribution in [-0.2, 0) is 19.3 Å². The van der Waals surface area contributed by atoms with Crippen LogP contribution in [0.1, 0.15) is 62.1 Å². The first-order chi connectivity index (χ1) is 16.8. The van der Waals surface area contributed by atoms with Crippen molar-refractivity contribution in [3.8, 4) is 5.75 Å². The molecule has 0 heterocycles. The predicted molar refractivity (Wildman–Crippen MR) is 133 cm³/mol. The molecule has 0 aliphatic heterocycles. The van der Waals surface area contributed by atoms with E-state index in [0.29, 0.717) is 23.8 Å². The smallest absolute Gasteiger partial charge is 0.422 e. The van der Waals surface area contributed by atoms with Crippen LogP contribution in [-0.4, -0.2) is 12.8 Å². The Morgan fingerprint density at radius 2 is 1.49 bits per heavy atom. The molecule has 1 aliphatic rings. The predicted octanol–water partition coefficient (Wildman–Crippen LogP) is 8.85. The zero-order chi connectivity index (χ0) is 24.8. The third-order valence-electron chi connectivity index (χ3n) is 7.49. The molecule has 0 bridgehead atoms. The Labute approximate surface area is 205 Å². The topological polar surface area (TPSA) is 9.23 Å². The Bertz CT molecular complexity index is 1100. The lowest BCUT2D eigenvalue weighted by atomic mass is 9.78. The van der Waals surface area contributed by atoms with Crippen LogP contribution in [0.5, 0.6) is 5.75 Å². The third-order valence-corrected chi connectivity index (χ3v) is 7.49. The van der Waals surface area contributed by atoms with Crippen LogP contribution < -0.4 is 4.74 Å². The Hall–Kier alpha value is -2.56. The van der Waals surface area contributed by atoms with Gasteiger partial charge in [0.15, 0.2) is 6.61 Å². The number of alkyl halides is 3. The Morgan fingerprint density at radius 3 is 2.17 bits per heavy atom. The lowest BCUT2D eigenvalue weighted by Crippen LogP contribution is -2.19. The minimum absolute atomic E-state index is 0.174. The second kappa shape index (κ2) is 11.5. The lowest BCUT2D eigenvalue weighted by Gasteiger charge is -2.27. The van der Waals surface area contributed by atoms with Gasteiger partial charge in [-0.15, -0.1) is 0 Å². The molecule has 0 amide bonds. The highest BCUT2D eigenvalue weighted by molar-refractivity contribution is 5.84. The normalized spacial score (nSPS) is 18.7. The molecular formula is C30H34F4O. The number of rotatable bonds is 9. The van der Waals surface area contributed by atoms with Gasteiger partial charge in [0.05, 0.1) is 0 Å². The maximum absolute atomic E-state index is 15.2. The van der Waals surface area contributed by atoms with Gasteiger partial charge in [0.1, 0.15) is 11.6 Å². The van der Waals surface area contributed by atoms with E-state index in [1.54, 1.807) is 12.1 Å². The van der Waals surface area contributed by atoms with Crippen LogP contribution >= 0.6 is 0 Å². The number of hydrogen-bond acceptors (Lipinski definition) is 1. The van der Waals surface area contributed by atoms with E-state index in [0.717, 1.165) is 29.2 Å². The van der Waals surface area contributed by atoms with Crippen LogP contribution in [0.15, 0.2) is 54.6 Å². The molecule has 1 nitrogen and oxygen atoms in total. The van der Waals surface area contributed by atoms with Gasteiger partial charge >= 0.3 is 6.18 Å². The first-order valence-corrected chi connectivity index (χ1v) is 12.8. The molecule has 0 unspecified atom stereocenters. The van der Waals surface area contributed by atoms with Gasteiger partial charge in [-0.05, 0) is 71.7 Å². The molecule has 0 aromatic heterocycles. The molecule has 3 aromatic rings. The van der Waals surface area contributed by atoms with E-state index in [4.69, 9.17) is 4.74 Å². The molecule has 0 saturated heterocycles. The second-order valence-electron chi connectivity index (χ2n) is 9.98. The summed E-state index contributed by atoms with van der Waals surface area (Å²) >= 11 is 0. The van der Waals surface area contributed by atoms with Crippen molar-refractivity contribution in [2.75, 3.05) is 6.61 Å². The van der Waals surface area contributed by atoms with Crippen molar-refractivity contribution < 1.29 is 22.3 Å². The van der Waals surface area contributed by atoms with Gasteiger partial charge < -0.3 is 4.74 Å². The van der Waals surface area contributed by atoms with Crippen LogP contribution in [0.3, 0.4) is 0 Å². The lowest BCUT2D eigenvalue weighted by molar-refractivity contribution is -0.153. The maximum atomic E-state index is 15.2. The van der Waals surface area contributed by atoms with E-state index in [9.17, 15) is 13.2 Å². The summed E-state index contributed by atoms with van der Waals surface area (Å²) in [5.74, 6) is 1.73. The number of benzene rings is 3. The molecule has 0 atom stereocenters. The summed E-state index contributed by atoms with van der Waals surface area (Å²) in [6.07, 6.45) is 5.73. The molecule has 1 aliphatic carbocycles. The van der Waals surface area contributed by atoms with Gasteiger partial charge in [-0.1, -0.05) is 81.5 Å². The fourth-order valence-electron chi connectivity index (χ4n) is 5.23. The molecule has 0 N–H and O–H groups in total. The fraction of sp³-hybridized carbons (Fsp3) is 0.467. The molecular weight excluding hydrogens is 452 g/mol. The summed E-state index contributed by atoms with van der Waals surface area (Å²) in [5, 5.41) is 1.58. The standard InChI is InChI=1S/C30H34F4O/c1-2-21-3-5-22(6-4-21)7-8-24-12-18-28-26(19-24)15-14-25(29(28)31)13-9-23-10-16-27(17-11-23)35-20-30(32,33)34/h10-12,14-19,21-22H,2-9,13,20H2,1H3. The first kappa shape index (κ1) is 25.5. The summed E-state index contributed by atoms with van der Waals surface area (Å²) in [6.45, 7) is 0.985. The fourth-order valence-corrected chi connectivity index (χ4v) is 5.23. The number of ether oxygens (including phenoxy) is 1. The number of aryl methyl sites for hydroxylation is 3. The second-order valence-corrected chi connectivity index (χ2v) is 9.98. The van der Waals surface area contributed by atoms with Gasteiger partial charge in [0.25, 0.3) is 0 Å². The van der Waals surface area contributed by atoms with E-state index in [2.05, 4.69) is 19.1 Å². The molecule has 0 spiro atoms. The molecule has 1 fully saturated rings. The summed E-state index contributed by atoms with van der Waals surface area (Å²) in [5.41, 5.74) is 2.85. The first-order valence-electron chi connectivity index (χ1n) is 12.8. The molecule has 1 saturated carbocycles. The highest BCUT2D eigenvalue weighted by Crippen LogP contribution is 2.33. The molecule has 4 rings (SSSR count). The van der Waals surface area contributed by atoms with Crippen molar-refractivity contribution in [3.63, 3.8) is 0 Å². The monoisotopic (exact) mass is 486 g/mol. The molecule has 5 heteroatoms. The van der Waals surface area contributed by atoms with Gasteiger partial charge in [-0.25, -0.2) is 4.39 Å². The molecule has 35 heavy (non-hydrogen) atoms. The summed E-state index contributed by atoms with van der Waals surface area (Å²) < 4.78 is 56.8. The number of fused-ring (bicyclic) bond motifs is 1. The summed E-state index contributed by atoms with van der Waals surface area (Å²) in [7, 11) is 0. The molecule has 3 aromatic carbocycles. The van der Waals surface area contributed by atoms with Crippen LogP contribution in [0.25, 0.3) is 10.8 Å². The average molecular weight is 487 g/mol. The zero-order valence-electron chi connectivity index (χ0n) is 20.3. The SMILES string of the molecule is CCC1CCC(CCc2ccc3c(F)c(CCc4ccc(OCC(F)(F)F)cc4)ccc3c2)CC1. The van der Waals surface area contributed by atoms with E-state index in [1.807, 2.05) is 18.2 Å². The van der Waals surface area contributed by atoms with Crippen molar-refractivity contribution in [2.45, 2.75) is 70.9 Å². The Balaban J connectivity index is 1.33. The van der Waals surface area contributed by atoms with Crippen LogP contribution in [0, 0.1) is 17.7 Å². The Morgan fingerprint density at radius 1 is 0.800 bits per heavy atom. The van der Waals surface area contributed by atoms with Crippen LogP contribution in [0.2, 0.25) is 0 Å². The number of hydrogen-bond donors (Lipinski definition) is 0. The highest BCUT2D eigenvalue weighted by atomic mass is 19.4. The van der Waals surface area contributed by atoms with E-state index in [-0.39, 0.29) is 11.6 Å². The quantitative estimate of drug-likeness (QED) is 0.275. The number of halogens is 4. The highest BCUT2D eigenvalue weighted by Gasteiger charge is 2.28. The van der Waals surface area contributed by atoms with Crippen molar-refractivity contribution in [1.29, 1.82) is 0 Å². The summed E-state index contributed by atoms with van der Waals surface area (Å²) in [4.78, 5) is 0. The van der Waals surface area contributed by atoms with Crippen LogP contribution in [0.4, 0.5) is 17.6 Å². The Kier molecular flexibility index (Phi) is 8.35. The van der Waals surface area contributed by atoms with E-state index < -0.39 is 12.8 Å². The van der Waals surface area contributed by atoms with Crippen molar-refractivity contribution in [1.82, 2.24) is 0 Å². The zero-order valence-corrected chi connectivity index (χ0v) is 20.3. The maximum Gasteiger partial charge on any atom is 0.422 e. The minimum Gasteiger partial charge on any atom is -0.484 e. The van der Waals surface area contributed by atoms with Crippen molar-refractivity contribution in [3.05, 3.63) is 77.1 Å². The van der Waals surface area contributed by atoms with Crippen molar-refractivity contribution in [2.24, 2.45) is 11.8 Å². The van der Waals surface area contributed by atoms with E-state index >= 15 is 4.39 Å². The van der Waals surface area contributed by atoms with Gasteiger partial charge in [-0.2, -0.15) is 13.2 Å².